The van der Waals surface area contributed by atoms with Crippen molar-refractivity contribution in [2.24, 2.45) is 0 Å². The van der Waals surface area contributed by atoms with Gasteiger partial charge in [0.15, 0.2) is 0 Å². The van der Waals surface area contributed by atoms with E-state index in [1.165, 1.54) is 0 Å². The molecule has 0 aliphatic carbocycles. The molecule has 4 heteroatoms. The third-order valence-corrected chi connectivity index (χ3v) is 2.45. The molecule has 3 nitrogen and oxygen atoms in total. The molecule has 0 amide bonds. The molecule has 88 valence electrons. The number of ether oxygens (including phenoxy) is 2. The van der Waals surface area contributed by atoms with Crippen LogP contribution in [0.5, 0.6) is 5.75 Å². The van der Waals surface area contributed by atoms with Crippen molar-refractivity contribution in [3.63, 3.8) is 0 Å². The van der Waals surface area contributed by atoms with Gasteiger partial charge < -0.3 is 9.47 Å². The van der Waals surface area contributed by atoms with Crippen LogP contribution in [0.25, 0.3) is 0 Å². The number of esters is 1. The van der Waals surface area contributed by atoms with E-state index >= 15 is 0 Å². The van der Waals surface area contributed by atoms with Crippen LogP contribution in [-0.2, 0) is 16.0 Å². The maximum Gasteiger partial charge on any atom is 0.324 e. The molecule has 0 aliphatic heterocycles. The van der Waals surface area contributed by atoms with Crippen molar-refractivity contribution in [1.82, 2.24) is 0 Å². The van der Waals surface area contributed by atoms with Gasteiger partial charge in [-0.3, -0.25) is 4.79 Å². The Morgan fingerprint density at radius 3 is 2.50 bits per heavy atom. The lowest BCUT2D eigenvalue weighted by molar-refractivity contribution is -0.142. The second kappa shape index (κ2) is 6.38. The average molecular weight is 243 g/mol. The summed E-state index contributed by atoms with van der Waals surface area (Å²) >= 11 is 5.91. The van der Waals surface area contributed by atoms with Crippen LogP contribution in [-0.4, -0.2) is 25.1 Å². The zero-order valence-electron chi connectivity index (χ0n) is 9.40. The molecule has 0 saturated heterocycles. The van der Waals surface area contributed by atoms with Gasteiger partial charge in [0.05, 0.1) is 13.7 Å². The van der Waals surface area contributed by atoms with Gasteiger partial charge in [0.1, 0.15) is 11.1 Å². The monoisotopic (exact) mass is 242 g/mol. The summed E-state index contributed by atoms with van der Waals surface area (Å²) in [4.78, 5) is 11.3. The Morgan fingerprint density at radius 2 is 2.00 bits per heavy atom. The fourth-order valence-electron chi connectivity index (χ4n) is 1.28. The summed E-state index contributed by atoms with van der Waals surface area (Å²) in [5.74, 6) is 0.408. The van der Waals surface area contributed by atoms with Gasteiger partial charge in [-0.1, -0.05) is 12.1 Å². The standard InChI is InChI=1S/C12H15ClO3/c1-3-16-12(14)11(13)8-9-4-6-10(15-2)7-5-9/h4-7,11H,3,8H2,1-2H3. The van der Waals surface area contributed by atoms with Crippen molar-refractivity contribution >= 4 is 17.6 Å². The smallest absolute Gasteiger partial charge is 0.324 e. The fraction of sp³-hybridized carbons (Fsp3) is 0.417. The van der Waals surface area contributed by atoms with Crippen molar-refractivity contribution in [2.45, 2.75) is 18.7 Å². The van der Waals surface area contributed by atoms with Crippen LogP contribution in [0.15, 0.2) is 24.3 Å². The maximum atomic E-state index is 11.3. The van der Waals surface area contributed by atoms with Crippen LogP contribution in [0, 0.1) is 0 Å². The first kappa shape index (κ1) is 12.8. The highest BCUT2D eigenvalue weighted by atomic mass is 35.5. The molecule has 1 atom stereocenters. The van der Waals surface area contributed by atoms with E-state index in [-0.39, 0.29) is 5.97 Å². The van der Waals surface area contributed by atoms with Gasteiger partial charge in [-0.25, -0.2) is 0 Å². The van der Waals surface area contributed by atoms with Gasteiger partial charge in [-0.05, 0) is 31.0 Å². The number of carbonyl (C=O) groups excluding carboxylic acids is 1. The summed E-state index contributed by atoms with van der Waals surface area (Å²) in [5, 5.41) is -0.631. The van der Waals surface area contributed by atoms with Crippen LogP contribution in [0.2, 0.25) is 0 Å². The molecule has 16 heavy (non-hydrogen) atoms. The Hall–Kier alpha value is -1.22. The molecule has 0 radical (unpaired) electrons. The molecule has 0 heterocycles. The molecule has 1 aromatic carbocycles. The zero-order chi connectivity index (χ0) is 12.0. The van der Waals surface area contributed by atoms with E-state index in [4.69, 9.17) is 21.1 Å². The number of hydrogen-bond donors (Lipinski definition) is 0. The van der Waals surface area contributed by atoms with Gasteiger partial charge in [0, 0.05) is 0 Å². The normalized spacial score (nSPS) is 11.9. The van der Waals surface area contributed by atoms with E-state index in [0.29, 0.717) is 13.0 Å². The number of hydrogen-bond acceptors (Lipinski definition) is 3. The molecule has 1 rings (SSSR count). The van der Waals surface area contributed by atoms with Crippen molar-refractivity contribution in [3.8, 4) is 5.75 Å². The molecule has 0 bridgehead atoms. The molecular weight excluding hydrogens is 228 g/mol. The minimum atomic E-state index is -0.631. The van der Waals surface area contributed by atoms with Crippen LogP contribution < -0.4 is 4.74 Å². The van der Waals surface area contributed by atoms with E-state index in [1.54, 1.807) is 14.0 Å². The lowest BCUT2D eigenvalue weighted by Gasteiger charge is -2.09. The van der Waals surface area contributed by atoms with Gasteiger partial charge in [-0.2, -0.15) is 0 Å². The van der Waals surface area contributed by atoms with E-state index < -0.39 is 5.38 Å². The molecule has 0 aromatic heterocycles. The third kappa shape index (κ3) is 3.74. The van der Waals surface area contributed by atoms with E-state index in [1.807, 2.05) is 24.3 Å². The van der Waals surface area contributed by atoms with Crippen LogP contribution in [0.1, 0.15) is 12.5 Å². The van der Waals surface area contributed by atoms with Gasteiger partial charge >= 0.3 is 5.97 Å². The summed E-state index contributed by atoms with van der Waals surface area (Å²) in [6, 6.07) is 7.44. The molecule has 0 spiro atoms. The van der Waals surface area contributed by atoms with Crippen LogP contribution >= 0.6 is 11.6 Å². The third-order valence-electron chi connectivity index (χ3n) is 2.12. The molecule has 0 fully saturated rings. The van der Waals surface area contributed by atoms with Crippen molar-refractivity contribution in [2.75, 3.05) is 13.7 Å². The molecule has 0 saturated carbocycles. The first-order valence-corrected chi connectivity index (χ1v) is 5.54. The van der Waals surface area contributed by atoms with E-state index in [9.17, 15) is 4.79 Å². The molecule has 1 aromatic rings. The summed E-state index contributed by atoms with van der Waals surface area (Å²) in [5.41, 5.74) is 0.980. The number of rotatable bonds is 5. The second-order valence-corrected chi connectivity index (χ2v) is 3.80. The summed E-state index contributed by atoms with van der Waals surface area (Å²) in [7, 11) is 1.61. The highest BCUT2D eigenvalue weighted by molar-refractivity contribution is 6.30. The lowest BCUT2D eigenvalue weighted by Crippen LogP contribution is -2.20. The van der Waals surface area contributed by atoms with Crippen LogP contribution in [0.4, 0.5) is 0 Å². The topological polar surface area (TPSA) is 35.5 Å². The summed E-state index contributed by atoms with van der Waals surface area (Å²) < 4.78 is 9.86. The SMILES string of the molecule is CCOC(=O)C(Cl)Cc1ccc(OC)cc1. The number of alkyl halides is 1. The fourth-order valence-corrected chi connectivity index (χ4v) is 1.53. The Morgan fingerprint density at radius 1 is 1.38 bits per heavy atom. The Bertz CT molecular complexity index is 335. The van der Waals surface area contributed by atoms with E-state index in [0.717, 1.165) is 11.3 Å². The summed E-state index contributed by atoms with van der Waals surface area (Å²) in [6.07, 6.45) is 0.463. The molecule has 0 aliphatic rings. The minimum Gasteiger partial charge on any atom is -0.497 e. The molecular formula is C12H15ClO3. The van der Waals surface area contributed by atoms with Crippen LogP contribution in [0.3, 0.4) is 0 Å². The van der Waals surface area contributed by atoms with Crippen molar-refractivity contribution < 1.29 is 14.3 Å². The number of carbonyl (C=O) groups is 1. The minimum absolute atomic E-state index is 0.352. The number of methoxy groups -OCH3 is 1. The zero-order valence-corrected chi connectivity index (χ0v) is 10.2. The predicted octanol–water partition coefficient (Wildman–Crippen LogP) is 2.41. The Balaban J connectivity index is 2.55. The van der Waals surface area contributed by atoms with Gasteiger partial charge in [-0.15, -0.1) is 11.6 Å². The highest BCUT2D eigenvalue weighted by Gasteiger charge is 2.16. The highest BCUT2D eigenvalue weighted by Crippen LogP contribution is 2.15. The van der Waals surface area contributed by atoms with Gasteiger partial charge in [0.25, 0.3) is 0 Å². The maximum absolute atomic E-state index is 11.3. The first-order chi connectivity index (χ1) is 7.67. The van der Waals surface area contributed by atoms with Crippen molar-refractivity contribution in [1.29, 1.82) is 0 Å². The quantitative estimate of drug-likeness (QED) is 0.588. The average Bonchev–Trinajstić information content (AvgIpc) is 2.30. The number of halogens is 1. The number of benzene rings is 1. The van der Waals surface area contributed by atoms with Gasteiger partial charge in [0.2, 0.25) is 0 Å². The second-order valence-electron chi connectivity index (χ2n) is 3.27. The summed E-state index contributed by atoms with van der Waals surface area (Å²) in [6.45, 7) is 2.11. The first-order valence-electron chi connectivity index (χ1n) is 5.11. The van der Waals surface area contributed by atoms with Crippen molar-refractivity contribution in [3.05, 3.63) is 29.8 Å². The molecule has 0 N–H and O–H groups in total. The molecule has 1 unspecified atom stereocenters. The predicted molar refractivity (Wildman–Crippen MR) is 63.0 cm³/mol. The lowest BCUT2D eigenvalue weighted by atomic mass is 10.1. The largest absolute Gasteiger partial charge is 0.497 e. The Labute approximate surface area is 100 Å². The Kier molecular flexibility index (Phi) is 5.12. The van der Waals surface area contributed by atoms with E-state index in [2.05, 4.69) is 0 Å².